The summed E-state index contributed by atoms with van der Waals surface area (Å²) in [6, 6.07) is 0. The highest BCUT2D eigenvalue weighted by molar-refractivity contribution is 7.87. The molecule has 0 atom stereocenters. The zero-order valence-corrected chi connectivity index (χ0v) is 11.2. The van der Waals surface area contributed by atoms with Crippen LogP contribution in [-0.2, 0) is 10.2 Å². The molecular formula is C10H23N3O2S. The fourth-order valence-electron chi connectivity index (χ4n) is 1.59. The van der Waals surface area contributed by atoms with Crippen molar-refractivity contribution in [2.24, 2.45) is 11.7 Å². The van der Waals surface area contributed by atoms with Gasteiger partial charge in [-0.15, -0.1) is 0 Å². The van der Waals surface area contributed by atoms with Crippen LogP contribution in [0, 0.1) is 5.92 Å². The monoisotopic (exact) mass is 249 g/mol. The number of rotatable bonds is 4. The van der Waals surface area contributed by atoms with E-state index in [4.69, 9.17) is 5.73 Å². The normalized spacial score (nSPS) is 21.2. The Bertz CT molecular complexity index is 313. The van der Waals surface area contributed by atoms with E-state index in [2.05, 4.69) is 11.6 Å². The summed E-state index contributed by atoms with van der Waals surface area (Å²) in [6.45, 7) is 7.24. The van der Waals surface area contributed by atoms with Crippen LogP contribution in [0.25, 0.3) is 0 Å². The summed E-state index contributed by atoms with van der Waals surface area (Å²) in [5.74, 6) is 0.623. The van der Waals surface area contributed by atoms with Gasteiger partial charge in [0.25, 0.3) is 10.2 Å². The Hall–Kier alpha value is -0.170. The van der Waals surface area contributed by atoms with Crippen LogP contribution in [0.2, 0.25) is 0 Å². The molecule has 0 radical (unpaired) electrons. The van der Waals surface area contributed by atoms with Gasteiger partial charge in [0.05, 0.1) is 0 Å². The van der Waals surface area contributed by atoms with E-state index in [1.807, 2.05) is 0 Å². The van der Waals surface area contributed by atoms with Crippen molar-refractivity contribution >= 4 is 10.2 Å². The first-order chi connectivity index (χ1) is 7.21. The minimum Gasteiger partial charge on any atom is -0.324 e. The van der Waals surface area contributed by atoms with Crippen LogP contribution in [0.3, 0.4) is 0 Å². The van der Waals surface area contributed by atoms with Crippen molar-refractivity contribution in [2.45, 2.75) is 39.2 Å². The van der Waals surface area contributed by atoms with Gasteiger partial charge in [0.15, 0.2) is 0 Å². The molecule has 0 aromatic heterocycles. The number of nitrogens with two attached hydrogens (primary N) is 1. The third kappa shape index (κ3) is 4.37. The molecule has 0 saturated carbocycles. The number of nitrogens with one attached hydrogen (secondary N) is 1. The Morgan fingerprint density at radius 2 is 1.88 bits per heavy atom. The highest BCUT2D eigenvalue weighted by Gasteiger charge is 2.27. The summed E-state index contributed by atoms with van der Waals surface area (Å²) in [6.07, 6.45) is 1.87. The van der Waals surface area contributed by atoms with E-state index in [0.717, 1.165) is 12.8 Å². The molecule has 0 bridgehead atoms. The Balaban J connectivity index is 2.51. The van der Waals surface area contributed by atoms with Gasteiger partial charge in [-0.25, -0.2) is 4.72 Å². The Morgan fingerprint density at radius 3 is 2.31 bits per heavy atom. The lowest BCUT2D eigenvalue weighted by atomic mass is 10.0. The first-order valence-electron chi connectivity index (χ1n) is 5.74. The van der Waals surface area contributed by atoms with E-state index < -0.39 is 15.7 Å². The predicted octanol–water partition coefficient (Wildman–Crippen LogP) is 0.290. The van der Waals surface area contributed by atoms with Crippen molar-refractivity contribution in [3.8, 4) is 0 Å². The van der Waals surface area contributed by atoms with Gasteiger partial charge in [0.1, 0.15) is 0 Å². The zero-order chi connectivity index (χ0) is 12.4. The van der Waals surface area contributed by atoms with E-state index in [1.54, 1.807) is 13.8 Å². The Morgan fingerprint density at radius 1 is 1.38 bits per heavy atom. The number of piperidine rings is 1. The standard InChI is InChI=1S/C10H23N3O2S/c1-9-4-6-13(7-5-9)16(14,15)12-8-10(2,3)11/h9,12H,4-8,11H2,1-3H3. The summed E-state index contributed by atoms with van der Waals surface area (Å²) in [4.78, 5) is 0. The van der Waals surface area contributed by atoms with Gasteiger partial charge in [-0.3, -0.25) is 0 Å². The van der Waals surface area contributed by atoms with E-state index in [0.29, 0.717) is 19.0 Å². The van der Waals surface area contributed by atoms with Crippen molar-refractivity contribution in [2.75, 3.05) is 19.6 Å². The molecule has 0 amide bonds. The molecule has 0 spiro atoms. The van der Waals surface area contributed by atoms with Crippen molar-refractivity contribution in [3.63, 3.8) is 0 Å². The van der Waals surface area contributed by atoms with Gasteiger partial charge in [0.2, 0.25) is 0 Å². The lowest BCUT2D eigenvalue weighted by molar-refractivity contribution is 0.284. The SMILES string of the molecule is CC1CCN(S(=O)(=O)NCC(C)(C)N)CC1. The topological polar surface area (TPSA) is 75.4 Å². The first-order valence-corrected chi connectivity index (χ1v) is 7.18. The van der Waals surface area contributed by atoms with E-state index >= 15 is 0 Å². The molecule has 0 aromatic carbocycles. The predicted molar refractivity (Wildman–Crippen MR) is 65.2 cm³/mol. The second-order valence-corrected chi connectivity index (χ2v) is 7.15. The molecule has 1 saturated heterocycles. The molecule has 1 heterocycles. The molecule has 0 aromatic rings. The minimum absolute atomic E-state index is 0.265. The van der Waals surface area contributed by atoms with Gasteiger partial charge in [-0.1, -0.05) is 6.92 Å². The quantitative estimate of drug-likeness (QED) is 0.752. The maximum Gasteiger partial charge on any atom is 0.279 e. The molecule has 1 rings (SSSR count). The molecule has 5 nitrogen and oxygen atoms in total. The van der Waals surface area contributed by atoms with Crippen molar-refractivity contribution in [3.05, 3.63) is 0 Å². The van der Waals surface area contributed by atoms with Gasteiger partial charge in [0, 0.05) is 25.2 Å². The maximum absolute atomic E-state index is 11.9. The first kappa shape index (κ1) is 13.9. The molecule has 1 aliphatic rings. The lowest BCUT2D eigenvalue weighted by Gasteiger charge is -2.30. The fourth-order valence-corrected chi connectivity index (χ4v) is 3.02. The van der Waals surface area contributed by atoms with Gasteiger partial charge in [-0.05, 0) is 32.6 Å². The second-order valence-electron chi connectivity index (χ2n) is 5.40. The molecule has 0 aliphatic carbocycles. The van der Waals surface area contributed by atoms with Crippen LogP contribution in [0.5, 0.6) is 0 Å². The Labute approximate surface area is 98.6 Å². The molecule has 6 heteroatoms. The summed E-state index contributed by atoms with van der Waals surface area (Å²) in [5, 5.41) is 0. The van der Waals surface area contributed by atoms with Crippen molar-refractivity contribution in [1.82, 2.24) is 9.03 Å². The smallest absolute Gasteiger partial charge is 0.279 e. The van der Waals surface area contributed by atoms with E-state index in [-0.39, 0.29) is 6.54 Å². The van der Waals surface area contributed by atoms with Crippen LogP contribution >= 0.6 is 0 Å². The number of nitrogens with zero attached hydrogens (tertiary/aromatic N) is 1. The van der Waals surface area contributed by atoms with E-state index in [1.165, 1.54) is 4.31 Å². The molecule has 16 heavy (non-hydrogen) atoms. The lowest BCUT2D eigenvalue weighted by Crippen LogP contribution is -2.51. The Kier molecular flexibility index (Phi) is 4.34. The van der Waals surface area contributed by atoms with E-state index in [9.17, 15) is 8.42 Å². The van der Waals surface area contributed by atoms with Crippen molar-refractivity contribution < 1.29 is 8.42 Å². The van der Waals surface area contributed by atoms with Crippen LogP contribution in [-0.4, -0.2) is 37.9 Å². The van der Waals surface area contributed by atoms with Crippen LogP contribution < -0.4 is 10.5 Å². The molecule has 96 valence electrons. The largest absolute Gasteiger partial charge is 0.324 e. The molecule has 0 unspecified atom stereocenters. The third-order valence-corrected chi connectivity index (χ3v) is 4.35. The van der Waals surface area contributed by atoms with Crippen LogP contribution in [0.4, 0.5) is 0 Å². The highest BCUT2D eigenvalue weighted by Crippen LogP contribution is 2.17. The maximum atomic E-state index is 11.9. The highest BCUT2D eigenvalue weighted by atomic mass is 32.2. The zero-order valence-electron chi connectivity index (χ0n) is 10.4. The minimum atomic E-state index is -3.34. The van der Waals surface area contributed by atoms with Crippen LogP contribution in [0.1, 0.15) is 33.6 Å². The van der Waals surface area contributed by atoms with Gasteiger partial charge in [-0.2, -0.15) is 12.7 Å². The summed E-state index contributed by atoms with van der Waals surface area (Å²) in [5.41, 5.74) is 5.23. The summed E-state index contributed by atoms with van der Waals surface area (Å²) in [7, 11) is -3.34. The third-order valence-electron chi connectivity index (χ3n) is 2.79. The van der Waals surface area contributed by atoms with Crippen LogP contribution in [0.15, 0.2) is 0 Å². The van der Waals surface area contributed by atoms with Crippen molar-refractivity contribution in [1.29, 1.82) is 0 Å². The average molecular weight is 249 g/mol. The summed E-state index contributed by atoms with van der Waals surface area (Å²) >= 11 is 0. The summed E-state index contributed by atoms with van der Waals surface area (Å²) < 4.78 is 27.9. The number of hydrogen-bond acceptors (Lipinski definition) is 3. The fraction of sp³-hybridized carbons (Fsp3) is 1.00. The number of hydrogen-bond donors (Lipinski definition) is 2. The average Bonchev–Trinajstić information content (AvgIpc) is 2.15. The molecular weight excluding hydrogens is 226 g/mol. The second kappa shape index (κ2) is 5.00. The molecule has 1 aliphatic heterocycles. The van der Waals surface area contributed by atoms with Gasteiger partial charge < -0.3 is 5.73 Å². The van der Waals surface area contributed by atoms with Gasteiger partial charge >= 0.3 is 0 Å². The molecule has 1 fully saturated rings. The molecule has 3 N–H and O–H groups in total.